The number of fused-ring (bicyclic) bond motifs is 1. The van der Waals surface area contributed by atoms with Gasteiger partial charge in [-0.2, -0.15) is 5.10 Å². The van der Waals surface area contributed by atoms with E-state index in [0.717, 1.165) is 56.5 Å². The molecule has 0 aliphatic carbocycles. The first kappa shape index (κ1) is 17.6. The third-order valence-electron chi connectivity index (χ3n) is 6.00. The maximum absolute atomic E-state index is 14.5. The molecule has 5 rings (SSSR count). The number of pyridine rings is 1. The van der Waals surface area contributed by atoms with Crippen molar-refractivity contribution in [2.24, 2.45) is 0 Å². The Balaban J connectivity index is 1.58. The maximum atomic E-state index is 14.5. The maximum Gasteiger partial charge on any atom is 0.128 e. The summed E-state index contributed by atoms with van der Waals surface area (Å²) in [4.78, 5) is 2.23. The summed E-state index contributed by atoms with van der Waals surface area (Å²) < 4.78 is 36.1. The third-order valence-corrected chi connectivity index (χ3v) is 6.00. The van der Waals surface area contributed by atoms with Crippen LogP contribution in [0.2, 0.25) is 0 Å². The van der Waals surface area contributed by atoms with E-state index in [9.17, 15) is 8.78 Å². The fourth-order valence-corrected chi connectivity index (χ4v) is 4.70. The standard InChI is InChI=1S/C22H23F2N3O/c23-15-5-6-19(24)17(13-15)20-4-1-10-26(20)21-8-11-27-22(7-9-25-27)18(21)14-16-3-2-12-28-16/h5-9,11,13,16,20H,1-4,10,12,14H2. The first-order valence-corrected chi connectivity index (χ1v) is 9.99. The minimum atomic E-state index is -0.394. The molecule has 1 aromatic carbocycles. The molecule has 2 unspecified atom stereocenters. The van der Waals surface area contributed by atoms with Crippen molar-refractivity contribution in [3.8, 4) is 0 Å². The van der Waals surface area contributed by atoms with Crippen molar-refractivity contribution < 1.29 is 13.5 Å². The van der Waals surface area contributed by atoms with Crippen molar-refractivity contribution in [3.63, 3.8) is 0 Å². The van der Waals surface area contributed by atoms with Crippen LogP contribution in [-0.4, -0.2) is 28.9 Å². The summed E-state index contributed by atoms with van der Waals surface area (Å²) in [7, 11) is 0. The van der Waals surface area contributed by atoms with Gasteiger partial charge in [-0.25, -0.2) is 13.3 Å². The van der Waals surface area contributed by atoms with E-state index in [1.165, 1.54) is 23.8 Å². The third kappa shape index (κ3) is 3.05. The lowest BCUT2D eigenvalue weighted by Gasteiger charge is -2.30. The summed E-state index contributed by atoms with van der Waals surface area (Å²) in [6.07, 6.45) is 8.65. The van der Waals surface area contributed by atoms with E-state index in [4.69, 9.17) is 4.74 Å². The van der Waals surface area contributed by atoms with Crippen LogP contribution in [0.25, 0.3) is 5.52 Å². The van der Waals surface area contributed by atoms with E-state index < -0.39 is 5.82 Å². The zero-order chi connectivity index (χ0) is 19.1. The molecule has 0 N–H and O–H groups in total. The molecule has 2 saturated heterocycles. The van der Waals surface area contributed by atoms with E-state index in [2.05, 4.69) is 16.1 Å². The topological polar surface area (TPSA) is 29.8 Å². The number of anilines is 1. The summed E-state index contributed by atoms with van der Waals surface area (Å²) in [5.41, 5.74) is 3.75. The van der Waals surface area contributed by atoms with Crippen LogP contribution in [0.5, 0.6) is 0 Å². The number of halogens is 2. The van der Waals surface area contributed by atoms with E-state index >= 15 is 0 Å². The van der Waals surface area contributed by atoms with Crippen molar-refractivity contribution in [1.82, 2.24) is 9.61 Å². The summed E-state index contributed by atoms with van der Waals surface area (Å²) in [5.74, 6) is -0.738. The fraction of sp³-hybridized carbons (Fsp3) is 0.409. The molecule has 0 bridgehead atoms. The second kappa shape index (κ2) is 7.17. The van der Waals surface area contributed by atoms with Gasteiger partial charge in [0.2, 0.25) is 0 Å². The van der Waals surface area contributed by atoms with Gasteiger partial charge < -0.3 is 9.64 Å². The number of hydrogen-bond acceptors (Lipinski definition) is 3. The van der Waals surface area contributed by atoms with E-state index in [0.29, 0.717) is 5.56 Å². The molecule has 2 fully saturated rings. The van der Waals surface area contributed by atoms with E-state index in [1.807, 2.05) is 16.8 Å². The van der Waals surface area contributed by atoms with Crippen molar-refractivity contribution in [3.05, 3.63) is 65.5 Å². The molecule has 2 aromatic heterocycles. The summed E-state index contributed by atoms with van der Waals surface area (Å²) in [5, 5.41) is 4.37. The van der Waals surface area contributed by atoms with Crippen molar-refractivity contribution in [1.29, 1.82) is 0 Å². The van der Waals surface area contributed by atoms with Gasteiger partial charge in [0.05, 0.1) is 17.7 Å². The predicted octanol–water partition coefficient (Wildman–Crippen LogP) is 4.68. The van der Waals surface area contributed by atoms with Gasteiger partial charge in [0, 0.05) is 48.8 Å². The monoisotopic (exact) mass is 383 g/mol. The zero-order valence-electron chi connectivity index (χ0n) is 15.7. The molecule has 2 aliphatic heterocycles. The summed E-state index contributed by atoms with van der Waals surface area (Å²) in [6.45, 7) is 1.63. The molecule has 2 atom stereocenters. The number of rotatable bonds is 4. The summed E-state index contributed by atoms with van der Waals surface area (Å²) >= 11 is 0. The van der Waals surface area contributed by atoms with Gasteiger partial charge in [-0.15, -0.1) is 0 Å². The molecular weight excluding hydrogens is 360 g/mol. The molecule has 0 saturated carbocycles. The van der Waals surface area contributed by atoms with Gasteiger partial charge in [0.1, 0.15) is 11.6 Å². The van der Waals surface area contributed by atoms with Crippen LogP contribution < -0.4 is 4.90 Å². The average molecular weight is 383 g/mol. The minimum Gasteiger partial charge on any atom is -0.378 e. The minimum absolute atomic E-state index is 0.163. The van der Waals surface area contributed by atoms with E-state index in [-0.39, 0.29) is 18.0 Å². The van der Waals surface area contributed by atoms with Crippen LogP contribution in [-0.2, 0) is 11.2 Å². The highest BCUT2D eigenvalue weighted by molar-refractivity contribution is 5.69. The van der Waals surface area contributed by atoms with Crippen molar-refractivity contribution in [2.45, 2.75) is 44.2 Å². The molecule has 3 aromatic rings. The molecule has 2 aliphatic rings. The lowest BCUT2D eigenvalue weighted by Crippen LogP contribution is -2.26. The lowest BCUT2D eigenvalue weighted by molar-refractivity contribution is 0.111. The Hall–Kier alpha value is -2.47. The SMILES string of the molecule is Fc1ccc(F)c(C2CCCN2c2ccn3nccc3c2CC2CCCO2)c1. The van der Waals surface area contributed by atoms with Crippen LogP contribution in [0.1, 0.15) is 42.9 Å². The molecular formula is C22H23F2N3O. The number of ether oxygens (including phenoxy) is 1. The van der Waals surface area contributed by atoms with Crippen LogP contribution in [0.4, 0.5) is 14.5 Å². The molecule has 4 nitrogen and oxygen atoms in total. The highest BCUT2D eigenvalue weighted by atomic mass is 19.1. The van der Waals surface area contributed by atoms with Crippen molar-refractivity contribution >= 4 is 11.2 Å². The first-order chi connectivity index (χ1) is 13.7. The predicted molar refractivity (Wildman–Crippen MR) is 104 cm³/mol. The largest absolute Gasteiger partial charge is 0.378 e. The van der Waals surface area contributed by atoms with Crippen LogP contribution in [0, 0.1) is 11.6 Å². The molecule has 28 heavy (non-hydrogen) atoms. The van der Waals surface area contributed by atoms with Gasteiger partial charge in [0.15, 0.2) is 0 Å². The molecule has 0 radical (unpaired) electrons. The van der Waals surface area contributed by atoms with Crippen LogP contribution in [0.15, 0.2) is 42.7 Å². The Labute approximate surface area is 162 Å². The molecule has 0 spiro atoms. The Kier molecular flexibility index (Phi) is 4.51. The number of nitrogens with zero attached hydrogens (tertiary/aromatic N) is 3. The second-order valence-corrected chi connectivity index (χ2v) is 7.70. The van der Waals surface area contributed by atoms with Gasteiger partial charge in [0.25, 0.3) is 0 Å². The second-order valence-electron chi connectivity index (χ2n) is 7.70. The van der Waals surface area contributed by atoms with Gasteiger partial charge in [-0.05, 0) is 56.0 Å². The lowest BCUT2D eigenvalue weighted by atomic mass is 10.00. The van der Waals surface area contributed by atoms with Crippen LogP contribution in [0.3, 0.4) is 0 Å². The molecule has 0 amide bonds. The highest BCUT2D eigenvalue weighted by Crippen LogP contribution is 2.40. The number of benzene rings is 1. The number of aromatic nitrogens is 2. The molecule has 4 heterocycles. The fourth-order valence-electron chi connectivity index (χ4n) is 4.70. The van der Waals surface area contributed by atoms with Gasteiger partial charge in [-0.1, -0.05) is 0 Å². The quantitative estimate of drug-likeness (QED) is 0.655. The Bertz CT molecular complexity index is 997. The smallest absolute Gasteiger partial charge is 0.128 e. The Morgan fingerprint density at radius 3 is 2.89 bits per heavy atom. The Morgan fingerprint density at radius 2 is 2.04 bits per heavy atom. The zero-order valence-corrected chi connectivity index (χ0v) is 15.7. The highest BCUT2D eigenvalue weighted by Gasteiger charge is 2.31. The van der Waals surface area contributed by atoms with Crippen LogP contribution >= 0.6 is 0 Å². The van der Waals surface area contributed by atoms with Gasteiger partial charge in [-0.3, -0.25) is 0 Å². The molecule has 146 valence electrons. The number of hydrogen-bond donors (Lipinski definition) is 0. The normalized spacial score (nSPS) is 22.4. The molecule has 6 heteroatoms. The summed E-state index contributed by atoms with van der Waals surface area (Å²) in [6, 6.07) is 7.66. The van der Waals surface area contributed by atoms with Crippen molar-refractivity contribution in [2.75, 3.05) is 18.1 Å². The average Bonchev–Trinajstić information content (AvgIpc) is 3.45. The first-order valence-electron chi connectivity index (χ1n) is 9.99. The van der Waals surface area contributed by atoms with E-state index in [1.54, 1.807) is 6.20 Å². The Morgan fingerprint density at radius 1 is 1.11 bits per heavy atom. The van der Waals surface area contributed by atoms with Gasteiger partial charge >= 0.3 is 0 Å².